The second-order valence-electron chi connectivity index (χ2n) is 6.19. The van der Waals surface area contributed by atoms with Gasteiger partial charge in [-0.25, -0.2) is 13.8 Å². The number of alkyl halides is 3. The number of fused-ring (bicyclic) bond motifs is 1. The SMILES string of the molecule is CCc1nc(Cl)c2n1CCNC2CCc1cc(F)c(C(F)(F)F)c(F)c1. The van der Waals surface area contributed by atoms with Crippen LogP contribution in [0.3, 0.4) is 0 Å². The fraction of sp³-hybridized carbons (Fsp3) is 0.471. The number of halogens is 6. The molecule has 9 heteroatoms. The molecule has 1 aromatic carbocycles. The second kappa shape index (κ2) is 7.15. The Morgan fingerprint density at radius 3 is 2.50 bits per heavy atom. The van der Waals surface area contributed by atoms with Crippen molar-refractivity contribution in [2.75, 3.05) is 6.54 Å². The number of nitrogens with one attached hydrogen (secondary N) is 1. The maximum atomic E-state index is 13.7. The molecule has 26 heavy (non-hydrogen) atoms. The van der Waals surface area contributed by atoms with Crippen LogP contribution < -0.4 is 5.32 Å². The van der Waals surface area contributed by atoms with E-state index in [0.29, 0.717) is 18.1 Å². The number of hydrogen-bond acceptors (Lipinski definition) is 2. The van der Waals surface area contributed by atoms with E-state index in [1.165, 1.54) is 0 Å². The minimum atomic E-state index is -5.06. The Balaban J connectivity index is 1.80. The zero-order valence-electron chi connectivity index (χ0n) is 13.9. The van der Waals surface area contributed by atoms with Gasteiger partial charge in [0.25, 0.3) is 0 Å². The molecule has 0 radical (unpaired) electrons. The Morgan fingerprint density at radius 1 is 1.27 bits per heavy atom. The zero-order chi connectivity index (χ0) is 19.1. The minimum absolute atomic E-state index is 0.165. The van der Waals surface area contributed by atoms with Crippen LogP contribution in [0.15, 0.2) is 12.1 Å². The molecule has 0 saturated carbocycles. The van der Waals surface area contributed by atoms with Crippen molar-refractivity contribution in [2.24, 2.45) is 0 Å². The first-order chi connectivity index (χ1) is 12.2. The van der Waals surface area contributed by atoms with E-state index in [-0.39, 0.29) is 18.0 Å². The van der Waals surface area contributed by atoms with E-state index < -0.39 is 23.4 Å². The van der Waals surface area contributed by atoms with Gasteiger partial charge in [0.15, 0.2) is 5.15 Å². The van der Waals surface area contributed by atoms with Gasteiger partial charge in [-0.1, -0.05) is 18.5 Å². The summed E-state index contributed by atoms with van der Waals surface area (Å²) >= 11 is 6.22. The first kappa shape index (κ1) is 19.1. The summed E-state index contributed by atoms with van der Waals surface area (Å²) in [5.41, 5.74) is -0.883. The van der Waals surface area contributed by atoms with Crippen molar-refractivity contribution in [3.05, 3.63) is 51.6 Å². The molecule has 0 spiro atoms. The zero-order valence-corrected chi connectivity index (χ0v) is 14.7. The summed E-state index contributed by atoms with van der Waals surface area (Å²) < 4.78 is 67.4. The molecule has 0 aliphatic carbocycles. The third-order valence-electron chi connectivity index (χ3n) is 4.52. The third kappa shape index (κ3) is 3.57. The molecule has 0 fully saturated rings. The average Bonchev–Trinajstić information content (AvgIpc) is 2.88. The Kier molecular flexibility index (Phi) is 5.25. The normalized spacial score (nSPS) is 17.4. The molecule has 1 aliphatic rings. The highest BCUT2D eigenvalue weighted by Gasteiger charge is 2.38. The fourth-order valence-corrected chi connectivity index (χ4v) is 3.70. The molecule has 3 nitrogen and oxygen atoms in total. The van der Waals surface area contributed by atoms with Crippen molar-refractivity contribution in [2.45, 2.75) is 44.9 Å². The number of nitrogens with zero attached hydrogens (tertiary/aromatic N) is 2. The van der Waals surface area contributed by atoms with E-state index in [4.69, 9.17) is 11.6 Å². The average molecular weight is 394 g/mol. The maximum absolute atomic E-state index is 13.7. The van der Waals surface area contributed by atoms with Gasteiger partial charge in [-0.3, -0.25) is 0 Å². The van der Waals surface area contributed by atoms with E-state index in [1.54, 1.807) is 0 Å². The molecular formula is C17H17ClF5N3. The van der Waals surface area contributed by atoms with Crippen LogP contribution in [0.4, 0.5) is 22.0 Å². The molecule has 1 aliphatic heterocycles. The van der Waals surface area contributed by atoms with Gasteiger partial charge < -0.3 is 9.88 Å². The van der Waals surface area contributed by atoms with E-state index in [2.05, 4.69) is 10.3 Å². The van der Waals surface area contributed by atoms with Gasteiger partial charge in [-0.2, -0.15) is 13.2 Å². The molecule has 0 saturated heterocycles. The molecule has 142 valence electrons. The molecule has 1 aromatic heterocycles. The van der Waals surface area contributed by atoms with E-state index in [0.717, 1.165) is 36.6 Å². The maximum Gasteiger partial charge on any atom is 0.422 e. The lowest BCUT2D eigenvalue weighted by atomic mass is 10.00. The number of hydrogen-bond donors (Lipinski definition) is 1. The molecular weight excluding hydrogens is 377 g/mol. The van der Waals surface area contributed by atoms with E-state index in [9.17, 15) is 22.0 Å². The van der Waals surface area contributed by atoms with Crippen molar-refractivity contribution in [1.29, 1.82) is 0 Å². The van der Waals surface area contributed by atoms with Crippen LogP contribution >= 0.6 is 11.6 Å². The lowest BCUT2D eigenvalue weighted by molar-refractivity contribution is -0.142. The third-order valence-corrected chi connectivity index (χ3v) is 4.80. The molecule has 3 rings (SSSR count). The smallest absolute Gasteiger partial charge is 0.328 e. The fourth-order valence-electron chi connectivity index (χ4n) is 3.37. The number of aromatic nitrogens is 2. The lowest BCUT2D eigenvalue weighted by Gasteiger charge is -2.27. The molecule has 1 unspecified atom stereocenters. The number of benzene rings is 1. The monoisotopic (exact) mass is 393 g/mol. The first-order valence-corrected chi connectivity index (χ1v) is 8.63. The van der Waals surface area contributed by atoms with Crippen LogP contribution in [-0.4, -0.2) is 16.1 Å². The summed E-state index contributed by atoms with van der Waals surface area (Å²) in [7, 11) is 0. The topological polar surface area (TPSA) is 29.9 Å². The number of rotatable bonds is 4. The Hall–Kier alpha value is -1.67. The Labute approximate surface area is 152 Å². The van der Waals surface area contributed by atoms with Crippen LogP contribution in [0.1, 0.15) is 42.0 Å². The summed E-state index contributed by atoms with van der Waals surface area (Å²) in [5, 5.41) is 3.65. The molecule has 2 aromatic rings. The predicted octanol–water partition coefficient (Wildman–Crippen LogP) is 4.67. The molecule has 2 heterocycles. The van der Waals surface area contributed by atoms with Gasteiger partial charge in [-0.05, 0) is 30.5 Å². The molecule has 0 bridgehead atoms. The van der Waals surface area contributed by atoms with Crippen molar-refractivity contribution >= 4 is 11.6 Å². The van der Waals surface area contributed by atoms with Crippen molar-refractivity contribution in [1.82, 2.24) is 14.9 Å². The van der Waals surface area contributed by atoms with Gasteiger partial charge in [0.05, 0.1) is 11.7 Å². The minimum Gasteiger partial charge on any atom is -0.328 e. The van der Waals surface area contributed by atoms with Crippen molar-refractivity contribution < 1.29 is 22.0 Å². The van der Waals surface area contributed by atoms with Gasteiger partial charge in [0.1, 0.15) is 23.0 Å². The highest BCUT2D eigenvalue weighted by molar-refractivity contribution is 6.30. The van der Waals surface area contributed by atoms with Crippen LogP contribution in [0.2, 0.25) is 5.15 Å². The Bertz CT molecular complexity index is 792. The lowest BCUT2D eigenvalue weighted by Crippen LogP contribution is -2.34. The first-order valence-electron chi connectivity index (χ1n) is 8.25. The molecule has 0 amide bonds. The van der Waals surface area contributed by atoms with E-state index in [1.807, 2.05) is 11.5 Å². The molecule has 1 atom stereocenters. The highest BCUT2D eigenvalue weighted by Crippen LogP contribution is 2.35. The second-order valence-corrected chi connectivity index (χ2v) is 6.54. The summed E-state index contributed by atoms with van der Waals surface area (Å²) in [6.45, 7) is 3.38. The summed E-state index contributed by atoms with van der Waals surface area (Å²) in [6.07, 6.45) is -3.71. The van der Waals surface area contributed by atoms with Crippen molar-refractivity contribution in [3.63, 3.8) is 0 Å². The summed E-state index contributed by atoms with van der Waals surface area (Å²) in [4.78, 5) is 4.33. The predicted molar refractivity (Wildman–Crippen MR) is 87.0 cm³/mol. The highest BCUT2D eigenvalue weighted by atomic mass is 35.5. The largest absolute Gasteiger partial charge is 0.422 e. The van der Waals surface area contributed by atoms with E-state index >= 15 is 0 Å². The van der Waals surface area contributed by atoms with Crippen LogP contribution in [0, 0.1) is 11.6 Å². The van der Waals surface area contributed by atoms with Gasteiger partial charge >= 0.3 is 6.18 Å². The van der Waals surface area contributed by atoms with Crippen LogP contribution in [0.25, 0.3) is 0 Å². The summed E-state index contributed by atoms with van der Waals surface area (Å²) in [5.74, 6) is -2.33. The Morgan fingerprint density at radius 2 is 1.92 bits per heavy atom. The van der Waals surface area contributed by atoms with Crippen LogP contribution in [0.5, 0.6) is 0 Å². The summed E-state index contributed by atoms with van der Waals surface area (Å²) in [6, 6.07) is 1.30. The standard InChI is InChI=1S/C17H17ClF5N3/c1-2-13-25-16(18)15-12(24-5-6-26(13)15)4-3-9-7-10(19)14(11(20)8-9)17(21,22)23/h7-8,12,24H,2-6H2,1H3. The number of aryl methyl sites for hydroxylation is 2. The van der Waals surface area contributed by atoms with Gasteiger partial charge in [0.2, 0.25) is 0 Å². The number of imidazole rings is 1. The van der Waals surface area contributed by atoms with Crippen LogP contribution in [-0.2, 0) is 25.6 Å². The van der Waals surface area contributed by atoms with Gasteiger partial charge in [0, 0.05) is 19.5 Å². The van der Waals surface area contributed by atoms with Gasteiger partial charge in [-0.15, -0.1) is 0 Å². The van der Waals surface area contributed by atoms with Crippen molar-refractivity contribution in [3.8, 4) is 0 Å². The molecule has 1 N–H and O–H groups in total. The quantitative estimate of drug-likeness (QED) is 0.765.